The molecule has 2 aromatic rings. The van der Waals surface area contributed by atoms with Crippen molar-refractivity contribution in [1.29, 1.82) is 0 Å². The van der Waals surface area contributed by atoms with Gasteiger partial charge in [0.05, 0.1) is 5.56 Å². The largest absolute Gasteiger partial charge is 0.225 e. The summed E-state index contributed by atoms with van der Waals surface area (Å²) in [5, 5.41) is 0.230. The van der Waals surface area contributed by atoms with E-state index in [9.17, 15) is 0 Å². The van der Waals surface area contributed by atoms with Crippen LogP contribution in [0.2, 0.25) is 5.28 Å². The molecule has 0 aliphatic rings. The van der Waals surface area contributed by atoms with Crippen LogP contribution in [0.1, 0.15) is 11.1 Å². The van der Waals surface area contributed by atoms with Gasteiger partial charge in [-0.15, -0.1) is 0 Å². The van der Waals surface area contributed by atoms with Crippen molar-refractivity contribution in [3.8, 4) is 11.8 Å². The molecule has 2 nitrogen and oxygen atoms in total. The van der Waals surface area contributed by atoms with Gasteiger partial charge in [0.25, 0.3) is 0 Å². The summed E-state index contributed by atoms with van der Waals surface area (Å²) in [6, 6.07) is 10.4. The molecule has 1 aromatic heterocycles. The van der Waals surface area contributed by atoms with Crippen molar-refractivity contribution in [2.75, 3.05) is 0 Å². The predicted octanol–water partition coefficient (Wildman–Crippen LogP) is 2.33. The fourth-order valence-corrected chi connectivity index (χ4v) is 1.09. The Morgan fingerprint density at radius 3 is 2.53 bits per heavy atom. The third-order valence-corrected chi connectivity index (χ3v) is 1.87. The topological polar surface area (TPSA) is 25.8 Å². The molecule has 0 N–H and O–H groups in total. The first-order valence-electron chi connectivity index (χ1n) is 4.30. The Morgan fingerprint density at radius 2 is 1.87 bits per heavy atom. The maximum atomic E-state index is 5.55. The minimum atomic E-state index is 0.230. The third-order valence-electron chi connectivity index (χ3n) is 1.68. The second-order valence-corrected chi connectivity index (χ2v) is 3.12. The summed E-state index contributed by atoms with van der Waals surface area (Å²) in [6.45, 7) is 0. The minimum Gasteiger partial charge on any atom is -0.225 e. The zero-order valence-electron chi connectivity index (χ0n) is 7.74. The standard InChI is InChI=1S/C12H6ClN2/c13-12-14-8-11(9-15-12)7-6-10-4-2-1-3-5-10/h1-2,4-5,8-9H. The number of halogens is 1. The highest BCUT2D eigenvalue weighted by Gasteiger charge is 1.89. The van der Waals surface area contributed by atoms with E-state index < -0.39 is 0 Å². The van der Waals surface area contributed by atoms with E-state index in [-0.39, 0.29) is 5.28 Å². The number of nitrogens with zero attached hydrogens (tertiary/aromatic N) is 2. The molecule has 0 atom stereocenters. The number of hydrogen-bond donors (Lipinski definition) is 0. The SMILES string of the molecule is Clc1ncc(C#Cc2c[c]ccc2)cn1. The van der Waals surface area contributed by atoms with Crippen LogP contribution < -0.4 is 0 Å². The summed E-state index contributed by atoms with van der Waals surface area (Å²) in [6.07, 6.45) is 3.18. The molecule has 3 heteroatoms. The van der Waals surface area contributed by atoms with E-state index in [2.05, 4.69) is 27.9 Å². The molecule has 0 saturated carbocycles. The van der Waals surface area contributed by atoms with Crippen LogP contribution in [-0.2, 0) is 0 Å². The van der Waals surface area contributed by atoms with Gasteiger partial charge in [-0.2, -0.15) is 0 Å². The number of benzene rings is 1. The maximum Gasteiger partial charge on any atom is 0.222 e. The van der Waals surface area contributed by atoms with Crippen LogP contribution in [0.5, 0.6) is 0 Å². The Labute approximate surface area is 93.0 Å². The van der Waals surface area contributed by atoms with Gasteiger partial charge in [0.15, 0.2) is 0 Å². The summed E-state index contributed by atoms with van der Waals surface area (Å²) < 4.78 is 0. The Bertz CT molecular complexity index is 495. The van der Waals surface area contributed by atoms with Gasteiger partial charge in [-0.25, -0.2) is 9.97 Å². The van der Waals surface area contributed by atoms with Crippen molar-refractivity contribution in [2.24, 2.45) is 0 Å². The molecule has 1 radical (unpaired) electrons. The smallest absolute Gasteiger partial charge is 0.222 e. The number of aromatic nitrogens is 2. The highest BCUT2D eigenvalue weighted by atomic mass is 35.5. The Morgan fingerprint density at radius 1 is 1.13 bits per heavy atom. The van der Waals surface area contributed by atoms with Crippen molar-refractivity contribution >= 4 is 11.6 Å². The van der Waals surface area contributed by atoms with Crippen molar-refractivity contribution in [2.45, 2.75) is 0 Å². The van der Waals surface area contributed by atoms with Crippen LogP contribution in [-0.4, -0.2) is 9.97 Å². The van der Waals surface area contributed by atoms with E-state index >= 15 is 0 Å². The first kappa shape index (κ1) is 9.70. The molecular formula is C12H6ClN2. The van der Waals surface area contributed by atoms with Gasteiger partial charge >= 0.3 is 0 Å². The molecule has 0 unspecified atom stereocenters. The Hall–Kier alpha value is -1.85. The second-order valence-electron chi connectivity index (χ2n) is 2.78. The summed E-state index contributed by atoms with van der Waals surface area (Å²) in [5.41, 5.74) is 1.65. The van der Waals surface area contributed by atoms with Crippen LogP contribution in [0.3, 0.4) is 0 Å². The highest BCUT2D eigenvalue weighted by Crippen LogP contribution is 2.00. The molecule has 0 spiro atoms. The lowest BCUT2D eigenvalue weighted by Gasteiger charge is -1.89. The first-order valence-corrected chi connectivity index (χ1v) is 4.68. The van der Waals surface area contributed by atoms with Crippen molar-refractivity contribution in [3.05, 3.63) is 59.1 Å². The van der Waals surface area contributed by atoms with Gasteiger partial charge in [-0.05, 0) is 29.8 Å². The molecule has 71 valence electrons. The van der Waals surface area contributed by atoms with Gasteiger partial charge in [-0.3, -0.25) is 0 Å². The van der Waals surface area contributed by atoms with E-state index in [0.29, 0.717) is 0 Å². The molecular weight excluding hydrogens is 208 g/mol. The third kappa shape index (κ3) is 2.80. The molecule has 0 aliphatic carbocycles. The summed E-state index contributed by atoms with van der Waals surface area (Å²) >= 11 is 5.55. The monoisotopic (exact) mass is 213 g/mol. The van der Waals surface area contributed by atoms with Crippen LogP contribution in [0.25, 0.3) is 0 Å². The van der Waals surface area contributed by atoms with Crippen molar-refractivity contribution < 1.29 is 0 Å². The fourth-order valence-electron chi connectivity index (χ4n) is 0.992. The Kier molecular flexibility index (Phi) is 2.96. The van der Waals surface area contributed by atoms with E-state index in [4.69, 9.17) is 11.6 Å². The van der Waals surface area contributed by atoms with Gasteiger partial charge in [0.1, 0.15) is 0 Å². The molecule has 0 bridgehead atoms. The van der Waals surface area contributed by atoms with Crippen LogP contribution >= 0.6 is 11.6 Å². The van der Waals surface area contributed by atoms with Crippen LogP contribution in [0.15, 0.2) is 36.7 Å². The van der Waals surface area contributed by atoms with Crippen LogP contribution in [0, 0.1) is 17.9 Å². The molecule has 1 aromatic carbocycles. The van der Waals surface area contributed by atoms with E-state index in [0.717, 1.165) is 11.1 Å². The molecule has 0 saturated heterocycles. The minimum absolute atomic E-state index is 0.230. The van der Waals surface area contributed by atoms with E-state index in [1.165, 1.54) is 0 Å². The molecule has 0 fully saturated rings. The number of rotatable bonds is 0. The van der Waals surface area contributed by atoms with Crippen molar-refractivity contribution in [3.63, 3.8) is 0 Å². The average Bonchev–Trinajstić information content (AvgIpc) is 2.30. The predicted molar refractivity (Wildman–Crippen MR) is 58.3 cm³/mol. The highest BCUT2D eigenvalue weighted by molar-refractivity contribution is 6.28. The molecule has 1 heterocycles. The lowest BCUT2D eigenvalue weighted by Crippen LogP contribution is -1.83. The molecule has 0 amide bonds. The van der Waals surface area contributed by atoms with Gasteiger partial charge in [0, 0.05) is 18.0 Å². The van der Waals surface area contributed by atoms with Gasteiger partial charge in [0.2, 0.25) is 5.28 Å². The maximum absolute atomic E-state index is 5.55. The van der Waals surface area contributed by atoms with Crippen molar-refractivity contribution in [1.82, 2.24) is 9.97 Å². The molecule has 0 aliphatic heterocycles. The van der Waals surface area contributed by atoms with Gasteiger partial charge < -0.3 is 0 Å². The second kappa shape index (κ2) is 4.59. The quantitative estimate of drug-likeness (QED) is 0.496. The summed E-state index contributed by atoms with van der Waals surface area (Å²) in [7, 11) is 0. The fraction of sp³-hybridized carbons (Fsp3) is 0. The van der Waals surface area contributed by atoms with E-state index in [1.54, 1.807) is 12.4 Å². The first-order chi connectivity index (χ1) is 7.34. The summed E-state index contributed by atoms with van der Waals surface area (Å²) in [5.74, 6) is 5.91. The van der Waals surface area contributed by atoms with Gasteiger partial charge in [-0.1, -0.05) is 24.0 Å². The Balaban J connectivity index is 2.22. The molecule has 15 heavy (non-hydrogen) atoms. The van der Waals surface area contributed by atoms with Crippen LogP contribution in [0.4, 0.5) is 0 Å². The van der Waals surface area contributed by atoms with E-state index in [1.807, 2.05) is 24.3 Å². The zero-order valence-corrected chi connectivity index (χ0v) is 8.49. The average molecular weight is 214 g/mol. The summed E-state index contributed by atoms with van der Waals surface area (Å²) in [4.78, 5) is 7.67. The normalized spacial score (nSPS) is 9.13. The number of hydrogen-bond acceptors (Lipinski definition) is 2. The lowest BCUT2D eigenvalue weighted by molar-refractivity contribution is 1.16. The zero-order chi connectivity index (χ0) is 10.5. The lowest BCUT2D eigenvalue weighted by atomic mass is 10.2. The molecule has 2 rings (SSSR count).